The van der Waals surface area contributed by atoms with Crippen LogP contribution in [-0.4, -0.2) is 84.5 Å². The van der Waals surface area contributed by atoms with Gasteiger partial charge in [0.1, 0.15) is 24.2 Å². The lowest BCUT2D eigenvalue weighted by Gasteiger charge is -2.26. The van der Waals surface area contributed by atoms with Gasteiger partial charge in [-0.3, -0.25) is 29.0 Å². The van der Waals surface area contributed by atoms with Gasteiger partial charge in [-0.2, -0.15) is 12.6 Å². The first-order valence-electron chi connectivity index (χ1n) is 16.2. The van der Waals surface area contributed by atoms with E-state index in [9.17, 15) is 24.0 Å². The maximum Gasteiger partial charge on any atom is 0.243 e. The van der Waals surface area contributed by atoms with Crippen molar-refractivity contribution in [2.24, 2.45) is 33.7 Å². The number of guanidine groups is 1. The Balaban J connectivity index is 2.31. The molecule has 0 fully saturated rings. The Kier molecular flexibility index (Phi) is 18.2. The maximum absolute atomic E-state index is 13.8. The van der Waals surface area contributed by atoms with Gasteiger partial charge >= 0.3 is 0 Å². The van der Waals surface area contributed by atoms with Gasteiger partial charge in [0, 0.05) is 18.7 Å². The van der Waals surface area contributed by atoms with Crippen molar-refractivity contribution in [1.82, 2.24) is 21.3 Å². The largest absolute Gasteiger partial charge is 0.370 e. The van der Waals surface area contributed by atoms with Crippen LogP contribution in [0.25, 0.3) is 0 Å². The molecule has 0 saturated heterocycles. The molecule has 0 bridgehead atoms. The first kappa shape index (κ1) is 40.5. The van der Waals surface area contributed by atoms with Crippen molar-refractivity contribution < 1.29 is 24.0 Å². The van der Waals surface area contributed by atoms with Crippen molar-refractivity contribution >= 4 is 48.1 Å². The smallest absolute Gasteiger partial charge is 0.243 e. The molecule has 15 nitrogen and oxygen atoms in total. The van der Waals surface area contributed by atoms with Crippen LogP contribution in [0.15, 0.2) is 65.7 Å². The molecule has 0 aliphatic heterocycles. The Morgan fingerprint density at radius 2 is 1.10 bits per heavy atom. The van der Waals surface area contributed by atoms with E-state index in [1.165, 1.54) is 0 Å². The molecule has 0 aromatic heterocycles. The zero-order chi connectivity index (χ0) is 36.2. The predicted octanol–water partition coefficient (Wildman–Crippen LogP) is -1.66. The fraction of sp³-hybridized carbons (Fsp3) is 0.455. The summed E-state index contributed by atoms with van der Waals surface area (Å²) in [7, 11) is 0. The number of nitrogens with one attached hydrogen (secondary N) is 4. The van der Waals surface area contributed by atoms with Crippen LogP contribution in [0, 0.1) is 0 Å². The molecule has 5 atom stereocenters. The van der Waals surface area contributed by atoms with Crippen molar-refractivity contribution in [1.29, 1.82) is 0 Å². The predicted molar refractivity (Wildman–Crippen MR) is 192 cm³/mol. The molecule has 0 heterocycles. The average Bonchev–Trinajstić information content (AvgIpc) is 3.08. The first-order valence-corrected chi connectivity index (χ1v) is 16.8. The number of primary amides is 1. The maximum atomic E-state index is 13.8. The summed E-state index contributed by atoms with van der Waals surface area (Å²) in [6.45, 7) is 0.574. The van der Waals surface area contributed by atoms with Gasteiger partial charge in [-0.15, -0.1) is 0 Å². The number of amides is 5. The van der Waals surface area contributed by atoms with Crippen LogP contribution in [0.2, 0.25) is 0 Å². The van der Waals surface area contributed by atoms with Crippen molar-refractivity contribution in [3.05, 3.63) is 71.8 Å². The van der Waals surface area contributed by atoms with E-state index in [1.54, 1.807) is 24.3 Å². The van der Waals surface area contributed by atoms with Crippen LogP contribution < -0.4 is 49.9 Å². The highest BCUT2D eigenvalue weighted by atomic mass is 32.1. The summed E-state index contributed by atoms with van der Waals surface area (Å²) in [5, 5.41) is 10.7. The summed E-state index contributed by atoms with van der Waals surface area (Å²) in [6.07, 6.45) is 2.07. The highest BCUT2D eigenvalue weighted by molar-refractivity contribution is 7.80. The molecule has 5 amide bonds. The number of rotatable bonds is 22. The zero-order valence-electron chi connectivity index (χ0n) is 27.6. The van der Waals surface area contributed by atoms with Crippen molar-refractivity contribution in [3.63, 3.8) is 0 Å². The van der Waals surface area contributed by atoms with Gasteiger partial charge < -0.3 is 49.9 Å². The lowest BCUT2D eigenvalue weighted by molar-refractivity contribution is -0.134. The Morgan fingerprint density at radius 3 is 1.61 bits per heavy atom. The summed E-state index contributed by atoms with van der Waals surface area (Å²) >= 11 is 4.08. The number of aliphatic imine (C=N–C) groups is 1. The van der Waals surface area contributed by atoms with Crippen molar-refractivity contribution in [2.75, 3.05) is 18.8 Å². The molecular weight excluding hydrogens is 648 g/mol. The third kappa shape index (κ3) is 15.4. The third-order valence-corrected chi connectivity index (χ3v) is 7.92. The van der Waals surface area contributed by atoms with E-state index in [4.69, 9.17) is 28.7 Å². The van der Waals surface area contributed by atoms with E-state index in [0.29, 0.717) is 25.8 Å². The molecular formula is C33H50N10O5S. The summed E-state index contributed by atoms with van der Waals surface area (Å²) < 4.78 is 0. The van der Waals surface area contributed by atoms with E-state index in [1.807, 2.05) is 36.4 Å². The number of carbonyl (C=O) groups is 5. The normalized spacial score (nSPS) is 13.9. The molecule has 2 aromatic carbocycles. The third-order valence-electron chi connectivity index (χ3n) is 7.55. The number of hydrogen-bond acceptors (Lipinski definition) is 9. The molecule has 49 heavy (non-hydrogen) atoms. The topological polar surface area (TPSA) is 276 Å². The van der Waals surface area contributed by atoms with E-state index >= 15 is 0 Å². The number of nitrogens with two attached hydrogens (primary N) is 5. The van der Waals surface area contributed by atoms with Gasteiger partial charge in [-0.1, -0.05) is 60.7 Å². The van der Waals surface area contributed by atoms with E-state index in [2.05, 4.69) is 38.9 Å². The summed E-state index contributed by atoms with van der Waals surface area (Å²) in [4.78, 5) is 69.7. The molecule has 16 heteroatoms. The second-order valence-corrected chi connectivity index (χ2v) is 11.9. The van der Waals surface area contributed by atoms with E-state index in [0.717, 1.165) is 11.1 Å². The second kappa shape index (κ2) is 22.1. The number of benzene rings is 2. The highest BCUT2D eigenvalue weighted by Gasteiger charge is 2.31. The van der Waals surface area contributed by atoms with E-state index in [-0.39, 0.29) is 43.9 Å². The summed E-state index contributed by atoms with van der Waals surface area (Å²) in [5.74, 6) is -3.42. The number of carbonyl (C=O) groups excluding carboxylic acids is 5. The fourth-order valence-electron chi connectivity index (χ4n) is 4.86. The lowest BCUT2D eigenvalue weighted by Crippen LogP contribution is -2.59. The van der Waals surface area contributed by atoms with E-state index < -0.39 is 59.7 Å². The Morgan fingerprint density at radius 1 is 0.633 bits per heavy atom. The summed E-state index contributed by atoms with van der Waals surface area (Å²) in [6, 6.07) is 12.8. The summed E-state index contributed by atoms with van der Waals surface area (Å²) in [5.41, 5.74) is 29.7. The molecule has 14 N–H and O–H groups in total. The molecule has 0 spiro atoms. The number of hydrogen-bond donors (Lipinski definition) is 10. The van der Waals surface area contributed by atoms with Crippen LogP contribution in [0.1, 0.15) is 43.2 Å². The van der Waals surface area contributed by atoms with Crippen LogP contribution >= 0.6 is 12.6 Å². The average molecular weight is 699 g/mol. The van der Waals surface area contributed by atoms with Crippen molar-refractivity contribution in [3.8, 4) is 0 Å². The Labute approximate surface area is 292 Å². The van der Waals surface area contributed by atoms with Crippen LogP contribution in [0.4, 0.5) is 0 Å². The monoisotopic (exact) mass is 698 g/mol. The minimum atomic E-state index is -1.16. The van der Waals surface area contributed by atoms with Crippen LogP contribution in [0.5, 0.6) is 0 Å². The van der Waals surface area contributed by atoms with Crippen LogP contribution in [-0.2, 0) is 36.8 Å². The molecule has 0 unspecified atom stereocenters. The zero-order valence-corrected chi connectivity index (χ0v) is 28.4. The SMILES string of the molecule is NCCCC[C@H](NC(=O)[C@H](Cc1ccccc1)NC(=O)[C@@H](CCCN=C(N)N)NC(=O)[C@@H](N)Cc1ccccc1)C(=O)N[C@@H](CS)C(N)=O. The molecule has 0 saturated carbocycles. The molecule has 0 radical (unpaired) electrons. The van der Waals surface area contributed by atoms with Gasteiger partial charge in [0.25, 0.3) is 0 Å². The number of thiol groups is 1. The Bertz CT molecular complexity index is 1380. The number of unbranched alkanes of at least 4 members (excludes halogenated alkanes) is 1. The molecule has 2 aromatic rings. The molecule has 0 aliphatic carbocycles. The first-order chi connectivity index (χ1) is 23.4. The molecule has 2 rings (SSSR count). The van der Waals surface area contributed by atoms with Gasteiger partial charge in [-0.25, -0.2) is 0 Å². The van der Waals surface area contributed by atoms with Crippen molar-refractivity contribution in [2.45, 2.75) is 75.2 Å². The van der Waals surface area contributed by atoms with Gasteiger partial charge in [0.05, 0.1) is 6.04 Å². The molecule has 0 aliphatic rings. The number of nitrogens with zero attached hydrogens (tertiary/aromatic N) is 1. The minimum absolute atomic E-state index is 0.0392. The van der Waals surface area contributed by atoms with Crippen LogP contribution in [0.3, 0.4) is 0 Å². The highest BCUT2D eigenvalue weighted by Crippen LogP contribution is 2.09. The quantitative estimate of drug-likeness (QED) is 0.0291. The van der Waals surface area contributed by atoms with Gasteiger partial charge in [0.15, 0.2) is 5.96 Å². The van der Waals surface area contributed by atoms with Gasteiger partial charge in [0.2, 0.25) is 29.5 Å². The van der Waals surface area contributed by atoms with Gasteiger partial charge in [-0.05, 0) is 56.2 Å². The Hall–Kier alpha value is -4.67. The standard InChI is InChI=1S/C33H50N10O5S/c34-16-8-7-14-24(31(47)43-27(20-49)28(36)44)41-32(48)26(19-22-12-5-2-6-13-22)42-30(46)25(15-9-17-39-33(37)38)40-29(45)23(35)18-21-10-3-1-4-11-21/h1-6,10-13,23-27,49H,7-9,14-20,34-35H2,(H2,36,44)(H,40,45)(H,41,48)(H,42,46)(H,43,47)(H4,37,38,39)/t23-,24-,25+,26-,27-/m0/s1. The molecule has 268 valence electrons. The minimum Gasteiger partial charge on any atom is -0.370 e. The second-order valence-electron chi connectivity index (χ2n) is 11.5. The fourth-order valence-corrected chi connectivity index (χ4v) is 5.13. The lowest BCUT2D eigenvalue weighted by atomic mass is 10.0.